The molecule has 0 spiro atoms. The van der Waals surface area contributed by atoms with Gasteiger partial charge in [-0.15, -0.1) is 0 Å². The molecule has 0 unspecified atom stereocenters. The van der Waals surface area contributed by atoms with E-state index in [9.17, 15) is 14.4 Å². The molecule has 0 radical (unpaired) electrons. The number of likely N-dealkylation sites (tertiary alicyclic amines) is 1. The molecule has 38 heavy (non-hydrogen) atoms. The number of rotatable bonds is 7. The molecule has 2 saturated heterocycles. The molecular formula is C27H28N4O4S3. The minimum Gasteiger partial charge on any atom is -0.496 e. The highest BCUT2D eigenvalue weighted by atomic mass is 32.2. The van der Waals surface area contributed by atoms with Gasteiger partial charge in [0.25, 0.3) is 11.8 Å². The lowest BCUT2D eigenvalue weighted by Crippen LogP contribution is -2.63. The van der Waals surface area contributed by atoms with Gasteiger partial charge in [0.2, 0.25) is 5.91 Å². The van der Waals surface area contributed by atoms with Gasteiger partial charge >= 0.3 is 0 Å². The number of aromatic nitrogens is 1. The van der Waals surface area contributed by atoms with Crippen molar-refractivity contribution in [3.8, 4) is 5.75 Å². The highest BCUT2D eigenvalue weighted by molar-refractivity contribution is 8.01. The van der Waals surface area contributed by atoms with Crippen LogP contribution in [0.2, 0.25) is 0 Å². The van der Waals surface area contributed by atoms with Crippen LogP contribution in [0.3, 0.4) is 0 Å². The number of thiophene rings is 1. The van der Waals surface area contributed by atoms with E-state index in [1.54, 1.807) is 29.7 Å². The van der Waals surface area contributed by atoms with Crippen LogP contribution in [-0.4, -0.2) is 64.8 Å². The van der Waals surface area contributed by atoms with Crippen LogP contribution in [0.4, 0.5) is 5.13 Å². The average molecular weight is 569 g/mol. The third-order valence-electron chi connectivity index (χ3n) is 6.87. The Balaban J connectivity index is 1.36. The summed E-state index contributed by atoms with van der Waals surface area (Å²) in [5.74, 6) is 0.187. The minimum absolute atomic E-state index is 0.0306. The van der Waals surface area contributed by atoms with Crippen molar-refractivity contribution in [3.05, 3.63) is 64.5 Å². The molecule has 0 saturated carbocycles. The molecule has 0 aliphatic carbocycles. The Morgan fingerprint density at radius 1 is 1.24 bits per heavy atom. The standard InChI is InChI=1S/C27H28N4O4S3/c1-4-23(32)30-13-18-6-5-7-19(14-30)31(18)26(34)20-11-22(16(2)10-21(20)35-3)37-24-12-28-27(38-24)29-25(33)17-8-9-36-15-17/h4,8-12,15,18-19H,1,5-7,13-14H2,2-3H3,(H,28,29,33)/t18-,19+. The van der Waals surface area contributed by atoms with Crippen LogP contribution in [0.1, 0.15) is 45.5 Å². The topological polar surface area (TPSA) is 91.8 Å². The lowest BCUT2D eigenvalue weighted by Gasteiger charge is -2.50. The number of nitrogens with zero attached hydrogens (tertiary/aromatic N) is 3. The van der Waals surface area contributed by atoms with Crippen molar-refractivity contribution in [2.24, 2.45) is 0 Å². The summed E-state index contributed by atoms with van der Waals surface area (Å²) >= 11 is 4.35. The van der Waals surface area contributed by atoms with Crippen LogP contribution in [0.25, 0.3) is 0 Å². The zero-order chi connectivity index (χ0) is 26.8. The summed E-state index contributed by atoms with van der Waals surface area (Å²) in [5.41, 5.74) is 2.09. The van der Waals surface area contributed by atoms with Crippen molar-refractivity contribution < 1.29 is 19.1 Å². The SMILES string of the molecule is C=CC(=O)N1C[C@H]2CCC[C@@H](C1)N2C(=O)c1cc(Sc2cnc(NC(=O)c3ccsc3)s2)c(C)cc1OC. The molecule has 1 aromatic carbocycles. The van der Waals surface area contributed by atoms with Crippen LogP contribution in [0.5, 0.6) is 5.75 Å². The Hall–Kier alpha value is -3.15. The normalized spacial score (nSPS) is 18.7. The van der Waals surface area contributed by atoms with E-state index >= 15 is 0 Å². The third-order valence-corrected chi connectivity index (χ3v) is 9.73. The average Bonchev–Trinajstić information content (AvgIpc) is 3.60. The number of anilines is 1. The van der Waals surface area contributed by atoms with Gasteiger partial charge in [-0.2, -0.15) is 11.3 Å². The number of amides is 3. The second kappa shape index (κ2) is 11.3. The van der Waals surface area contributed by atoms with Gasteiger partial charge in [0, 0.05) is 23.4 Å². The Morgan fingerprint density at radius 2 is 2.00 bits per heavy atom. The highest BCUT2D eigenvalue weighted by Crippen LogP contribution is 2.40. The second-order valence-electron chi connectivity index (χ2n) is 9.27. The summed E-state index contributed by atoms with van der Waals surface area (Å²) in [6.45, 7) is 6.63. The smallest absolute Gasteiger partial charge is 0.258 e. The molecule has 2 fully saturated rings. The molecule has 1 N–H and O–H groups in total. The van der Waals surface area contributed by atoms with Gasteiger partial charge in [0.15, 0.2) is 5.13 Å². The molecule has 4 heterocycles. The number of benzene rings is 1. The molecule has 2 aromatic heterocycles. The maximum Gasteiger partial charge on any atom is 0.258 e. The van der Waals surface area contributed by atoms with Crippen molar-refractivity contribution in [2.75, 3.05) is 25.5 Å². The molecule has 2 aliphatic rings. The molecule has 8 nitrogen and oxygen atoms in total. The first kappa shape index (κ1) is 26.5. The predicted octanol–water partition coefficient (Wildman–Crippen LogP) is 5.32. The zero-order valence-corrected chi connectivity index (χ0v) is 23.6. The fourth-order valence-corrected chi connectivity index (χ4v) is 7.60. The van der Waals surface area contributed by atoms with Gasteiger partial charge < -0.3 is 14.5 Å². The molecule has 2 bridgehead atoms. The summed E-state index contributed by atoms with van der Waals surface area (Å²) in [5, 5.41) is 7.01. The molecule has 198 valence electrons. The lowest BCUT2D eigenvalue weighted by atomic mass is 9.90. The number of aryl methyl sites for hydroxylation is 1. The van der Waals surface area contributed by atoms with Gasteiger partial charge in [0.1, 0.15) is 5.75 Å². The first-order chi connectivity index (χ1) is 18.4. The first-order valence-corrected chi connectivity index (χ1v) is 14.9. The number of methoxy groups -OCH3 is 1. The fraction of sp³-hybridized carbons (Fsp3) is 0.333. The number of thiazole rings is 1. The van der Waals surface area contributed by atoms with Gasteiger partial charge in [-0.25, -0.2) is 4.98 Å². The summed E-state index contributed by atoms with van der Waals surface area (Å²) in [6, 6.07) is 5.49. The summed E-state index contributed by atoms with van der Waals surface area (Å²) in [7, 11) is 1.57. The number of carbonyl (C=O) groups excluding carboxylic acids is 3. The summed E-state index contributed by atoms with van der Waals surface area (Å²) in [6.07, 6.45) is 5.83. The van der Waals surface area contributed by atoms with Gasteiger partial charge in [-0.1, -0.05) is 29.7 Å². The van der Waals surface area contributed by atoms with Crippen LogP contribution in [-0.2, 0) is 4.79 Å². The Morgan fingerprint density at radius 3 is 2.66 bits per heavy atom. The Labute approximate surface area is 233 Å². The maximum atomic E-state index is 13.9. The number of hydrogen-bond donors (Lipinski definition) is 1. The van der Waals surface area contributed by atoms with E-state index in [1.807, 2.05) is 29.3 Å². The van der Waals surface area contributed by atoms with E-state index in [-0.39, 0.29) is 29.8 Å². The van der Waals surface area contributed by atoms with Crippen molar-refractivity contribution >= 4 is 57.3 Å². The van der Waals surface area contributed by atoms with E-state index in [4.69, 9.17) is 4.74 Å². The Kier molecular flexibility index (Phi) is 7.87. The van der Waals surface area contributed by atoms with Crippen LogP contribution in [0.15, 0.2) is 56.9 Å². The summed E-state index contributed by atoms with van der Waals surface area (Å²) < 4.78 is 6.53. The fourth-order valence-electron chi connectivity index (χ4n) is 5.03. The lowest BCUT2D eigenvalue weighted by molar-refractivity contribution is -0.131. The number of piperazine rings is 1. The monoisotopic (exact) mass is 568 g/mol. The van der Waals surface area contributed by atoms with Gasteiger partial charge in [0.05, 0.1) is 40.7 Å². The third kappa shape index (κ3) is 5.36. The molecule has 2 atom stereocenters. The van der Waals surface area contributed by atoms with E-state index < -0.39 is 0 Å². The minimum atomic E-state index is -0.189. The maximum absolute atomic E-state index is 13.9. The van der Waals surface area contributed by atoms with Crippen molar-refractivity contribution in [2.45, 2.75) is 47.4 Å². The van der Waals surface area contributed by atoms with Crippen molar-refractivity contribution in [1.82, 2.24) is 14.8 Å². The molecular weight excluding hydrogens is 541 g/mol. The largest absolute Gasteiger partial charge is 0.496 e. The van der Waals surface area contributed by atoms with E-state index in [1.165, 1.54) is 40.5 Å². The molecule has 2 aliphatic heterocycles. The summed E-state index contributed by atoms with van der Waals surface area (Å²) in [4.78, 5) is 47.6. The number of fused-ring (bicyclic) bond motifs is 2. The molecule has 11 heteroatoms. The van der Waals surface area contributed by atoms with Crippen LogP contribution >= 0.6 is 34.4 Å². The van der Waals surface area contributed by atoms with Gasteiger partial charge in [-0.3, -0.25) is 19.7 Å². The number of ether oxygens (including phenoxy) is 1. The number of carbonyl (C=O) groups is 3. The predicted molar refractivity (Wildman–Crippen MR) is 151 cm³/mol. The number of hydrogen-bond acceptors (Lipinski definition) is 8. The Bertz CT molecular complexity index is 1360. The van der Waals surface area contributed by atoms with E-state index in [0.717, 1.165) is 33.9 Å². The number of nitrogens with one attached hydrogen (secondary N) is 1. The van der Waals surface area contributed by atoms with E-state index in [0.29, 0.717) is 35.1 Å². The second-order valence-corrected chi connectivity index (χ2v) is 12.4. The molecule has 3 amide bonds. The molecule has 3 aromatic rings. The van der Waals surface area contributed by atoms with Crippen LogP contribution in [0, 0.1) is 6.92 Å². The van der Waals surface area contributed by atoms with Crippen molar-refractivity contribution in [3.63, 3.8) is 0 Å². The number of piperidine rings is 1. The zero-order valence-electron chi connectivity index (χ0n) is 21.1. The van der Waals surface area contributed by atoms with Gasteiger partial charge in [-0.05, 0) is 61.4 Å². The first-order valence-electron chi connectivity index (χ1n) is 12.3. The van der Waals surface area contributed by atoms with Crippen molar-refractivity contribution in [1.29, 1.82) is 0 Å². The quantitative estimate of drug-likeness (QED) is 0.388. The van der Waals surface area contributed by atoms with Crippen LogP contribution < -0.4 is 10.1 Å². The van der Waals surface area contributed by atoms with E-state index in [2.05, 4.69) is 16.9 Å². The molecule has 5 rings (SSSR count). The highest BCUT2D eigenvalue weighted by Gasteiger charge is 2.42.